The first-order chi connectivity index (χ1) is 24.1. The van der Waals surface area contributed by atoms with E-state index in [2.05, 4.69) is 10.6 Å². The van der Waals surface area contributed by atoms with Gasteiger partial charge in [-0.2, -0.15) is 0 Å². The minimum absolute atomic E-state index is 0.0439. The molecule has 0 aromatic heterocycles. The highest BCUT2D eigenvalue weighted by Crippen LogP contribution is 2.43. The molecule has 0 bridgehead atoms. The molecule has 49 heavy (non-hydrogen) atoms. The zero-order chi connectivity index (χ0) is 33.8. The Hall–Kier alpha value is -5.77. The molecule has 0 saturated heterocycles. The Morgan fingerprint density at radius 1 is 0.571 bits per heavy atom. The summed E-state index contributed by atoms with van der Waals surface area (Å²) in [6, 6.07) is 38.4. The molecular weight excluding hydrogens is 620 g/mol. The first-order valence-corrected chi connectivity index (χ1v) is 16.1. The van der Waals surface area contributed by atoms with Gasteiger partial charge in [0.05, 0.1) is 38.9 Å². The molecule has 0 atom stereocenters. The van der Waals surface area contributed by atoms with Crippen LogP contribution in [0.25, 0.3) is 11.1 Å². The lowest BCUT2D eigenvalue weighted by atomic mass is 10.1. The van der Waals surface area contributed by atoms with E-state index in [1.807, 2.05) is 109 Å². The molecule has 0 unspecified atom stereocenters. The van der Waals surface area contributed by atoms with Gasteiger partial charge in [-0.15, -0.1) is 0 Å². The number of nitrogens with one attached hydrogen (secondary N) is 2. The van der Waals surface area contributed by atoms with Crippen LogP contribution in [0.4, 0.5) is 4.79 Å². The molecule has 0 radical (unpaired) electrons. The van der Waals surface area contributed by atoms with E-state index in [9.17, 15) is 14.4 Å². The van der Waals surface area contributed by atoms with Crippen LogP contribution >= 0.6 is 0 Å². The molecule has 248 valence electrons. The smallest absolute Gasteiger partial charge is 0.322 e. The second-order valence-corrected chi connectivity index (χ2v) is 11.3. The minimum atomic E-state index is -0.791. The Balaban J connectivity index is 1.13. The van der Waals surface area contributed by atoms with Gasteiger partial charge in [0.15, 0.2) is 0 Å². The van der Waals surface area contributed by atoms with Crippen molar-refractivity contribution in [2.24, 2.45) is 0 Å². The van der Waals surface area contributed by atoms with Gasteiger partial charge < -0.3 is 24.3 Å². The van der Waals surface area contributed by atoms with Crippen molar-refractivity contribution in [2.75, 3.05) is 19.8 Å². The number of ether oxygens (including phenoxy) is 4. The highest BCUT2D eigenvalue weighted by Gasteiger charge is 2.30. The highest BCUT2D eigenvalue weighted by atomic mass is 16.5. The van der Waals surface area contributed by atoms with Gasteiger partial charge in [0, 0.05) is 0 Å². The SMILES string of the molecule is O=C(NC(=O)c1c(OCCOCc2ccccc2)cccc1OC(=O)CCOCc1ccccc1)NC1c2ccccc2-c2ccccc21. The fourth-order valence-electron chi connectivity index (χ4n) is 5.65. The number of hydrogen-bond acceptors (Lipinski definition) is 7. The van der Waals surface area contributed by atoms with Crippen molar-refractivity contribution >= 4 is 17.9 Å². The van der Waals surface area contributed by atoms with Crippen LogP contribution in [0.3, 0.4) is 0 Å². The summed E-state index contributed by atoms with van der Waals surface area (Å²) in [7, 11) is 0. The first kappa shape index (κ1) is 33.1. The predicted octanol–water partition coefficient (Wildman–Crippen LogP) is 7.00. The largest absolute Gasteiger partial charge is 0.490 e. The molecule has 2 N–H and O–H groups in total. The van der Waals surface area contributed by atoms with Gasteiger partial charge in [0.1, 0.15) is 23.7 Å². The van der Waals surface area contributed by atoms with Crippen molar-refractivity contribution in [1.82, 2.24) is 10.6 Å². The number of urea groups is 1. The summed E-state index contributed by atoms with van der Waals surface area (Å²) < 4.78 is 22.9. The molecule has 1 aliphatic carbocycles. The maximum absolute atomic E-state index is 13.7. The normalized spacial score (nSPS) is 11.7. The van der Waals surface area contributed by atoms with Gasteiger partial charge in [-0.05, 0) is 45.5 Å². The lowest BCUT2D eigenvalue weighted by Gasteiger charge is -2.18. The third-order valence-electron chi connectivity index (χ3n) is 7.93. The summed E-state index contributed by atoms with van der Waals surface area (Å²) in [5.41, 5.74) is 5.79. The van der Waals surface area contributed by atoms with E-state index in [4.69, 9.17) is 18.9 Å². The Kier molecular flexibility index (Phi) is 11.1. The molecule has 0 saturated carbocycles. The molecular formula is C40H36N2O7. The van der Waals surface area contributed by atoms with Gasteiger partial charge in [0.25, 0.3) is 5.91 Å². The van der Waals surface area contributed by atoms with Crippen molar-refractivity contribution in [1.29, 1.82) is 0 Å². The number of carbonyl (C=O) groups is 3. The fourth-order valence-corrected chi connectivity index (χ4v) is 5.65. The molecule has 9 heteroatoms. The number of fused-ring (bicyclic) bond motifs is 3. The third kappa shape index (κ3) is 8.58. The molecule has 1 aliphatic rings. The van der Waals surface area contributed by atoms with Crippen LogP contribution in [0.1, 0.15) is 45.1 Å². The van der Waals surface area contributed by atoms with E-state index in [0.29, 0.717) is 13.2 Å². The lowest BCUT2D eigenvalue weighted by molar-refractivity contribution is -0.135. The number of amides is 3. The topological polar surface area (TPSA) is 112 Å². The lowest BCUT2D eigenvalue weighted by Crippen LogP contribution is -2.41. The number of esters is 1. The number of carbonyl (C=O) groups excluding carboxylic acids is 3. The Bertz CT molecular complexity index is 1850. The maximum atomic E-state index is 13.7. The molecule has 5 aromatic carbocycles. The summed E-state index contributed by atoms with van der Waals surface area (Å²) >= 11 is 0. The average Bonchev–Trinajstić information content (AvgIpc) is 3.44. The van der Waals surface area contributed by atoms with Crippen molar-refractivity contribution in [2.45, 2.75) is 25.7 Å². The van der Waals surface area contributed by atoms with Crippen LogP contribution in [0.5, 0.6) is 11.5 Å². The summed E-state index contributed by atoms with van der Waals surface area (Å²) in [6.45, 7) is 1.22. The van der Waals surface area contributed by atoms with Crippen LogP contribution in [-0.4, -0.2) is 37.7 Å². The number of imide groups is 1. The van der Waals surface area contributed by atoms with E-state index in [-0.39, 0.29) is 43.3 Å². The molecule has 3 amide bonds. The average molecular weight is 657 g/mol. The van der Waals surface area contributed by atoms with Crippen LogP contribution in [0, 0.1) is 0 Å². The van der Waals surface area contributed by atoms with Crippen LogP contribution < -0.4 is 20.1 Å². The standard InChI is InChI=1S/C40H36N2O7/c43-36(22-23-46-26-28-12-3-1-4-13-28)49-35-21-11-20-34(48-25-24-47-27-29-14-5-2-6-15-29)37(35)39(44)42-40(45)41-38-32-18-9-7-16-30(32)31-17-8-10-19-33(31)38/h1-21,38H,22-27H2,(H2,41,42,44,45). The molecule has 0 spiro atoms. The van der Waals surface area contributed by atoms with Crippen molar-refractivity contribution in [3.8, 4) is 22.6 Å². The Morgan fingerprint density at radius 3 is 1.76 bits per heavy atom. The van der Waals surface area contributed by atoms with Crippen LogP contribution in [0.2, 0.25) is 0 Å². The predicted molar refractivity (Wildman–Crippen MR) is 184 cm³/mol. The van der Waals surface area contributed by atoms with E-state index < -0.39 is 23.9 Å². The molecule has 5 aromatic rings. The van der Waals surface area contributed by atoms with Gasteiger partial charge in [-0.25, -0.2) is 4.79 Å². The summed E-state index contributed by atoms with van der Waals surface area (Å²) in [5.74, 6) is -1.30. The quantitative estimate of drug-likeness (QED) is 0.0752. The summed E-state index contributed by atoms with van der Waals surface area (Å²) in [5, 5.41) is 5.36. The maximum Gasteiger partial charge on any atom is 0.322 e. The molecule has 0 aliphatic heterocycles. The van der Waals surface area contributed by atoms with Crippen LogP contribution in [-0.2, 0) is 27.5 Å². The van der Waals surface area contributed by atoms with Gasteiger partial charge in [-0.1, -0.05) is 115 Å². The van der Waals surface area contributed by atoms with Crippen molar-refractivity contribution in [3.63, 3.8) is 0 Å². The van der Waals surface area contributed by atoms with Gasteiger partial charge >= 0.3 is 12.0 Å². The minimum Gasteiger partial charge on any atom is -0.490 e. The van der Waals surface area contributed by atoms with Crippen molar-refractivity contribution in [3.05, 3.63) is 155 Å². The third-order valence-corrected chi connectivity index (χ3v) is 7.93. The van der Waals surface area contributed by atoms with Gasteiger partial charge in [-0.3, -0.25) is 14.9 Å². The first-order valence-electron chi connectivity index (χ1n) is 16.1. The molecule has 0 heterocycles. The van der Waals surface area contributed by atoms with E-state index >= 15 is 0 Å². The summed E-state index contributed by atoms with van der Waals surface area (Å²) in [6.07, 6.45) is -0.0483. The zero-order valence-corrected chi connectivity index (χ0v) is 26.8. The molecule has 6 rings (SSSR count). The molecule has 0 fully saturated rings. The fraction of sp³-hybridized carbons (Fsp3) is 0.175. The monoisotopic (exact) mass is 656 g/mol. The molecule has 9 nitrogen and oxygen atoms in total. The summed E-state index contributed by atoms with van der Waals surface area (Å²) in [4.78, 5) is 39.9. The highest BCUT2D eigenvalue weighted by molar-refractivity contribution is 6.08. The number of hydrogen-bond donors (Lipinski definition) is 2. The Morgan fingerprint density at radius 2 is 1.12 bits per heavy atom. The number of rotatable bonds is 14. The van der Waals surface area contributed by atoms with Crippen molar-refractivity contribution < 1.29 is 33.3 Å². The zero-order valence-electron chi connectivity index (χ0n) is 26.8. The second kappa shape index (κ2) is 16.4. The Labute approximate surface area is 284 Å². The number of benzene rings is 5. The van der Waals surface area contributed by atoms with E-state index in [0.717, 1.165) is 33.4 Å². The second-order valence-electron chi connectivity index (χ2n) is 11.3. The van der Waals surface area contributed by atoms with Crippen LogP contribution in [0.15, 0.2) is 127 Å². The van der Waals surface area contributed by atoms with Gasteiger partial charge in [0.2, 0.25) is 0 Å². The van der Waals surface area contributed by atoms with E-state index in [1.54, 1.807) is 12.1 Å². The van der Waals surface area contributed by atoms with E-state index in [1.165, 1.54) is 6.07 Å².